The maximum absolute atomic E-state index is 13.2. The van der Waals surface area contributed by atoms with Gasteiger partial charge in [-0.3, -0.25) is 9.69 Å². The largest absolute Gasteiger partial charge is 0.368 e. The molecule has 7 nitrogen and oxygen atoms in total. The van der Waals surface area contributed by atoms with Gasteiger partial charge in [-0.05, 0) is 24.6 Å². The lowest BCUT2D eigenvalue weighted by molar-refractivity contribution is -0.127. The Kier molecular flexibility index (Phi) is 4.86. The molecule has 0 radical (unpaired) electrons. The molecule has 1 aromatic carbocycles. The zero-order valence-electron chi connectivity index (χ0n) is 13.4. The van der Waals surface area contributed by atoms with E-state index in [1.54, 1.807) is 18.5 Å². The fourth-order valence-corrected chi connectivity index (χ4v) is 3.02. The van der Waals surface area contributed by atoms with Crippen LogP contribution in [0, 0.1) is 5.82 Å². The number of rotatable bonds is 5. The van der Waals surface area contributed by atoms with E-state index in [0.29, 0.717) is 25.3 Å². The summed E-state index contributed by atoms with van der Waals surface area (Å²) in [6.07, 6.45) is 1.37. The van der Waals surface area contributed by atoms with Gasteiger partial charge in [0.25, 0.3) is 0 Å². The number of amides is 1. The topological polar surface area (TPSA) is 86.3 Å². The van der Waals surface area contributed by atoms with Crippen LogP contribution in [0.1, 0.15) is 30.5 Å². The zero-order valence-corrected chi connectivity index (χ0v) is 13.4. The molecule has 1 aromatic heterocycles. The van der Waals surface area contributed by atoms with Crippen molar-refractivity contribution < 1.29 is 13.9 Å². The molecule has 2 N–H and O–H groups in total. The number of ether oxygens (including phenoxy) is 1. The Morgan fingerprint density at radius 1 is 1.46 bits per heavy atom. The molecule has 2 unspecified atom stereocenters. The van der Waals surface area contributed by atoms with Gasteiger partial charge in [-0.1, -0.05) is 12.1 Å². The average Bonchev–Trinajstić information content (AvgIpc) is 3.05. The molecule has 0 bridgehead atoms. The minimum absolute atomic E-state index is 0.288. The van der Waals surface area contributed by atoms with E-state index in [-0.39, 0.29) is 11.9 Å². The number of hydrogen-bond acceptors (Lipinski definition) is 5. The number of aryl methyl sites for hydroxylation is 1. The number of hydrogen-bond donors (Lipinski definition) is 1. The van der Waals surface area contributed by atoms with E-state index in [1.807, 2.05) is 16.4 Å². The molecule has 0 aliphatic carbocycles. The van der Waals surface area contributed by atoms with E-state index in [0.717, 1.165) is 12.4 Å². The van der Waals surface area contributed by atoms with Crippen LogP contribution < -0.4 is 5.73 Å². The molecule has 0 spiro atoms. The van der Waals surface area contributed by atoms with E-state index >= 15 is 0 Å². The molecule has 0 saturated carbocycles. The van der Waals surface area contributed by atoms with Crippen molar-refractivity contribution in [2.75, 3.05) is 19.7 Å². The predicted molar refractivity (Wildman–Crippen MR) is 84.3 cm³/mol. The SMILES string of the molecule is CCn1cnnc1C1CN(C(C(N)=O)c2ccc(F)cc2)CCO1. The molecule has 2 aromatic rings. The molecule has 1 aliphatic rings. The number of carbonyl (C=O) groups is 1. The second-order valence-electron chi connectivity index (χ2n) is 5.69. The number of benzene rings is 1. The van der Waals surface area contributed by atoms with Crippen molar-refractivity contribution in [3.05, 3.63) is 47.8 Å². The Bertz CT molecular complexity index is 703. The molecule has 128 valence electrons. The van der Waals surface area contributed by atoms with Gasteiger partial charge in [0, 0.05) is 19.6 Å². The van der Waals surface area contributed by atoms with E-state index in [1.165, 1.54) is 12.1 Å². The van der Waals surface area contributed by atoms with Gasteiger partial charge < -0.3 is 15.0 Å². The summed E-state index contributed by atoms with van der Waals surface area (Å²) in [4.78, 5) is 14.0. The van der Waals surface area contributed by atoms with Gasteiger partial charge in [-0.25, -0.2) is 4.39 Å². The molecule has 2 heterocycles. The number of morpholine rings is 1. The number of aromatic nitrogens is 3. The van der Waals surface area contributed by atoms with Gasteiger partial charge in [-0.2, -0.15) is 0 Å². The molecular formula is C16H20FN5O2. The van der Waals surface area contributed by atoms with Crippen LogP contribution in [-0.2, 0) is 16.1 Å². The first-order valence-electron chi connectivity index (χ1n) is 7.88. The first kappa shape index (κ1) is 16.5. The monoisotopic (exact) mass is 333 g/mol. The summed E-state index contributed by atoms with van der Waals surface area (Å²) in [5, 5.41) is 8.05. The minimum Gasteiger partial charge on any atom is -0.368 e. The summed E-state index contributed by atoms with van der Waals surface area (Å²) in [7, 11) is 0. The first-order valence-corrected chi connectivity index (χ1v) is 7.88. The molecule has 1 amide bonds. The van der Waals surface area contributed by atoms with Crippen molar-refractivity contribution in [1.29, 1.82) is 0 Å². The molecule has 2 atom stereocenters. The summed E-state index contributed by atoms with van der Waals surface area (Å²) in [5.41, 5.74) is 6.28. The van der Waals surface area contributed by atoms with Gasteiger partial charge in [0.1, 0.15) is 24.3 Å². The smallest absolute Gasteiger partial charge is 0.239 e. The lowest BCUT2D eigenvalue weighted by Gasteiger charge is -2.36. The number of nitrogens with two attached hydrogens (primary N) is 1. The Morgan fingerprint density at radius 2 is 2.21 bits per heavy atom. The van der Waals surface area contributed by atoms with Gasteiger partial charge in [0.2, 0.25) is 5.91 Å². The fourth-order valence-electron chi connectivity index (χ4n) is 3.02. The summed E-state index contributed by atoms with van der Waals surface area (Å²) in [6.45, 7) is 4.20. The van der Waals surface area contributed by atoms with Crippen LogP contribution in [-0.4, -0.2) is 45.3 Å². The molecule has 8 heteroatoms. The minimum atomic E-state index is -0.630. The summed E-state index contributed by atoms with van der Waals surface area (Å²) < 4.78 is 20.9. The Morgan fingerprint density at radius 3 is 2.88 bits per heavy atom. The van der Waals surface area contributed by atoms with Crippen molar-refractivity contribution in [2.24, 2.45) is 5.73 Å². The third-order valence-corrected chi connectivity index (χ3v) is 4.19. The maximum Gasteiger partial charge on any atom is 0.239 e. The van der Waals surface area contributed by atoms with E-state index in [2.05, 4.69) is 10.2 Å². The van der Waals surface area contributed by atoms with Crippen LogP contribution in [0.25, 0.3) is 0 Å². The second kappa shape index (κ2) is 7.06. The van der Waals surface area contributed by atoms with Gasteiger partial charge >= 0.3 is 0 Å². The Balaban J connectivity index is 1.83. The lowest BCUT2D eigenvalue weighted by Crippen LogP contribution is -2.45. The molecule has 24 heavy (non-hydrogen) atoms. The number of halogens is 1. The number of nitrogens with zero attached hydrogens (tertiary/aromatic N) is 4. The Hall–Kier alpha value is -2.32. The third kappa shape index (κ3) is 3.29. The van der Waals surface area contributed by atoms with Crippen LogP contribution in [0.2, 0.25) is 0 Å². The normalized spacial score (nSPS) is 20.0. The van der Waals surface area contributed by atoms with Crippen LogP contribution in [0.4, 0.5) is 4.39 Å². The summed E-state index contributed by atoms with van der Waals surface area (Å²) in [6, 6.07) is 5.21. The van der Waals surface area contributed by atoms with Crippen LogP contribution >= 0.6 is 0 Å². The van der Waals surface area contributed by atoms with Crippen molar-refractivity contribution in [2.45, 2.75) is 25.6 Å². The lowest BCUT2D eigenvalue weighted by atomic mass is 10.0. The quantitative estimate of drug-likeness (QED) is 0.883. The fraction of sp³-hybridized carbons (Fsp3) is 0.438. The number of primary amides is 1. The van der Waals surface area contributed by atoms with Gasteiger partial charge in [0.15, 0.2) is 5.82 Å². The van der Waals surface area contributed by atoms with Crippen molar-refractivity contribution in [3.8, 4) is 0 Å². The highest BCUT2D eigenvalue weighted by Crippen LogP contribution is 2.28. The van der Waals surface area contributed by atoms with Crippen molar-refractivity contribution in [3.63, 3.8) is 0 Å². The zero-order chi connectivity index (χ0) is 17.1. The molecule has 1 fully saturated rings. The standard InChI is InChI=1S/C16H20FN5O2/c1-2-21-10-19-20-16(21)13-9-22(7-8-24-13)14(15(18)23)11-3-5-12(17)6-4-11/h3-6,10,13-14H,2,7-9H2,1H3,(H2,18,23). The Labute approximate surface area is 139 Å². The van der Waals surface area contributed by atoms with Crippen molar-refractivity contribution >= 4 is 5.91 Å². The highest BCUT2D eigenvalue weighted by Gasteiger charge is 2.33. The average molecular weight is 333 g/mol. The predicted octanol–water partition coefficient (Wildman–Crippen LogP) is 1.04. The number of carbonyl (C=O) groups excluding carboxylic acids is 1. The van der Waals surface area contributed by atoms with Crippen LogP contribution in [0.3, 0.4) is 0 Å². The van der Waals surface area contributed by atoms with Gasteiger partial charge in [-0.15, -0.1) is 10.2 Å². The van der Waals surface area contributed by atoms with Crippen LogP contribution in [0.5, 0.6) is 0 Å². The van der Waals surface area contributed by atoms with E-state index < -0.39 is 11.9 Å². The maximum atomic E-state index is 13.2. The third-order valence-electron chi connectivity index (χ3n) is 4.19. The highest BCUT2D eigenvalue weighted by atomic mass is 19.1. The first-order chi connectivity index (χ1) is 11.6. The molecule has 1 aliphatic heterocycles. The van der Waals surface area contributed by atoms with Crippen molar-refractivity contribution in [1.82, 2.24) is 19.7 Å². The summed E-state index contributed by atoms with van der Waals surface area (Å²) in [5.74, 6) is -0.0957. The van der Waals surface area contributed by atoms with Crippen LogP contribution in [0.15, 0.2) is 30.6 Å². The molecule has 3 rings (SSSR count). The van der Waals surface area contributed by atoms with E-state index in [4.69, 9.17) is 10.5 Å². The molecule has 1 saturated heterocycles. The molecular weight excluding hydrogens is 313 g/mol. The second-order valence-corrected chi connectivity index (χ2v) is 5.69. The van der Waals surface area contributed by atoms with E-state index in [9.17, 15) is 9.18 Å². The van der Waals surface area contributed by atoms with Gasteiger partial charge in [0.05, 0.1) is 6.61 Å². The highest BCUT2D eigenvalue weighted by molar-refractivity contribution is 5.81. The summed E-state index contributed by atoms with van der Waals surface area (Å²) >= 11 is 0.